The van der Waals surface area contributed by atoms with E-state index < -0.39 is 18.2 Å². The number of aryl methyl sites for hydroxylation is 2. The number of nitrogens with zero attached hydrogens (tertiary/aromatic N) is 5. The van der Waals surface area contributed by atoms with Crippen LogP contribution in [0.3, 0.4) is 0 Å². The average molecular weight is 572 g/mol. The Bertz CT molecular complexity index is 1370. The fourth-order valence-corrected chi connectivity index (χ4v) is 4.84. The van der Waals surface area contributed by atoms with Crippen LogP contribution in [0, 0.1) is 13.8 Å². The van der Waals surface area contributed by atoms with E-state index in [1.165, 1.54) is 44.0 Å². The summed E-state index contributed by atoms with van der Waals surface area (Å²) in [5, 5.41) is 29.7. The van der Waals surface area contributed by atoms with Gasteiger partial charge < -0.3 is 14.6 Å². The molecule has 0 aliphatic rings. The smallest absolute Gasteiger partial charge is 0.337 e. The summed E-state index contributed by atoms with van der Waals surface area (Å²) in [5.41, 5.74) is 3.25. The Kier molecular flexibility index (Phi) is 10.7. The normalized spacial score (nSPS) is 12.3. The third-order valence-electron chi connectivity index (χ3n) is 5.48. The van der Waals surface area contributed by atoms with E-state index in [-0.39, 0.29) is 5.91 Å². The number of aromatic nitrogens is 4. The molecule has 0 saturated heterocycles. The molecule has 2 unspecified atom stereocenters. The maximum atomic E-state index is 12.1. The molecule has 2 aromatic heterocycles. The number of hydrogen-bond donors (Lipinski definition) is 1. The Morgan fingerprint density at radius 1 is 0.744 bits per heavy atom. The van der Waals surface area contributed by atoms with Gasteiger partial charge in [-0.25, -0.2) is 9.86 Å². The number of carbonyl (C=O) groups is 2. The summed E-state index contributed by atoms with van der Waals surface area (Å²) >= 11 is 3.02. The van der Waals surface area contributed by atoms with Gasteiger partial charge in [0.15, 0.2) is 12.2 Å². The third kappa shape index (κ3) is 7.71. The van der Waals surface area contributed by atoms with Crippen molar-refractivity contribution in [1.29, 1.82) is 0 Å². The molecule has 0 radical (unpaired) electrons. The lowest BCUT2D eigenvalue weighted by atomic mass is 10.1. The summed E-state index contributed by atoms with van der Waals surface area (Å²) in [7, 11) is 5.85. The second kappa shape index (κ2) is 14.0. The highest BCUT2D eigenvalue weighted by Crippen LogP contribution is 2.27. The fourth-order valence-electron chi connectivity index (χ4n) is 3.44. The number of aliphatic carboxylic acids is 1. The number of benzene rings is 2. The highest BCUT2D eigenvalue weighted by molar-refractivity contribution is 7.14. The number of carbonyl (C=O) groups excluding carboxylic acids is 1. The van der Waals surface area contributed by atoms with Crippen molar-refractivity contribution in [2.75, 3.05) is 28.4 Å². The monoisotopic (exact) mass is 571 g/mol. The first-order chi connectivity index (χ1) is 18.7. The minimum atomic E-state index is -1.00. The first-order valence-electron chi connectivity index (χ1n) is 11.6. The maximum absolute atomic E-state index is 12.1. The molecule has 0 fully saturated rings. The molecule has 0 aliphatic heterocycles. The average Bonchev–Trinajstić information content (AvgIpc) is 3.58. The van der Waals surface area contributed by atoms with Gasteiger partial charge in [0.1, 0.15) is 20.0 Å². The predicted octanol–water partition coefficient (Wildman–Crippen LogP) is 4.51. The van der Waals surface area contributed by atoms with Crippen LogP contribution in [0.2, 0.25) is 0 Å². The molecule has 2 atom stereocenters. The van der Waals surface area contributed by atoms with Crippen molar-refractivity contribution >= 4 is 34.6 Å². The summed E-state index contributed by atoms with van der Waals surface area (Å²) < 4.78 is 10.2. The van der Waals surface area contributed by atoms with Gasteiger partial charge in [-0.2, -0.15) is 0 Å². The number of carboxylic acids is 1. The largest absolute Gasteiger partial charge is 0.479 e. The molecule has 206 valence electrons. The molecule has 0 bridgehead atoms. The highest BCUT2D eigenvalue weighted by Gasteiger charge is 2.24. The van der Waals surface area contributed by atoms with Gasteiger partial charge in [-0.15, -0.1) is 20.4 Å². The van der Waals surface area contributed by atoms with E-state index in [1.807, 2.05) is 50.2 Å². The molecule has 11 nitrogen and oxygen atoms in total. The summed E-state index contributed by atoms with van der Waals surface area (Å²) in [6.07, 6.45) is -1.63. The summed E-state index contributed by atoms with van der Waals surface area (Å²) in [6, 6.07) is 14.6. The zero-order valence-corrected chi connectivity index (χ0v) is 23.9. The Hall–Kier alpha value is -3.62. The van der Waals surface area contributed by atoms with Gasteiger partial charge in [0.25, 0.3) is 5.91 Å². The van der Waals surface area contributed by atoms with Crippen molar-refractivity contribution in [3.05, 3.63) is 69.7 Å². The van der Waals surface area contributed by atoms with Gasteiger partial charge >= 0.3 is 5.97 Å². The molecule has 13 heteroatoms. The van der Waals surface area contributed by atoms with E-state index in [4.69, 9.17) is 19.4 Å². The first-order valence-corrected chi connectivity index (χ1v) is 13.2. The summed E-state index contributed by atoms with van der Waals surface area (Å²) in [4.78, 5) is 28.0. The van der Waals surface area contributed by atoms with Gasteiger partial charge in [-0.05, 0) is 25.0 Å². The van der Waals surface area contributed by atoms with Crippen molar-refractivity contribution in [2.45, 2.75) is 26.1 Å². The molecule has 2 heterocycles. The quantitative estimate of drug-likeness (QED) is 0.286. The molecule has 0 spiro atoms. The number of amides is 1. The maximum Gasteiger partial charge on any atom is 0.337 e. The predicted molar refractivity (Wildman–Crippen MR) is 147 cm³/mol. The van der Waals surface area contributed by atoms with Gasteiger partial charge in [0.2, 0.25) is 0 Å². The van der Waals surface area contributed by atoms with Crippen molar-refractivity contribution < 1.29 is 29.0 Å². The molecule has 4 aromatic rings. The van der Waals surface area contributed by atoms with Crippen LogP contribution in [-0.4, -0.2) is 70.8 Å². The zero-order valence-electron chi connectivity index (χ0n) is 22.3. The lowest BCUT2D eigenvalue weighted by Gasteiger charge is -2.20. The Balaban J connectivity index is 0.000000218. The van der Waals surface area contributed by atoms with Crippen LogP contribution < -0.4 is 0 Å². The van der Waals surface area contributed by atoms with E-state index in [1.54, 1.807) is 19.2 Å². The number of likely N-dealkylation sites (N-methyl/N-ethyl adjacent to an activating group) is 1. The molecule has 2 aromatic carbocycles. The molecule has 0 aliphatic carbocycles. The Morgan fingerprint density at radius 3 is 1.46 bits per heavy atom. The lowest BCUT2D eigenvalue weighted by Crippen LogP contribution is -2.31. The highest BCUT2D eigenvalue weighted by atomic mass is 32.1. The van der Waals surface area contributed by atoms with Gasteiger partial charge in [-0.1, -0.05) is 71.2 Å². The molecule has 39 heavy (non-hydrogen) atoms. The van der Waals surface area contributed by atoms with Crippen LogP contribution in [0.1, 0.15) is 33.4 Å². The summed E-state index contributed by atoms with van der Waals surface area (Å²) in [6.45, 7) is 3.80. The number of ether oxygens (including phenoxy) is 2. The molecule has 1 N–H and O–H groups in total. The molecular formula is C26H29N5O6S2. The van der Waals surface area contributed by atoms with Crippen molar-refractivity contribution in [2.24, 2.45) is 0 Å². The van der Waals surface area contributed by atoms with Gasteiger partial charge in [-0.3, -0.25) is 9.63 Å². The topological polar surface area (TPSA) is 137 Å². The van der Waals surface area contributed by atoms with Gasteiger partial charge in [0, 0.05) is 32.4 Å². The van der Waals surface area contributed by atoms with E-state index >= 15 is 0 Å². The number of hydrogen-bond acceptors (Lipinski definition) is 11. The van der Waals surface area contributed by atoms with Crippen LogP contribution in [0.25, 0.3) is 21.1 Å². The van der Waals surface area contributed by atoms with E-state index in [0.29, 0.717) is 5.56 Å². The molecular weight excluding hydrogens is 542 g/mol. The first kappa shape index (κ1) is 29.9. The van der Waals surface area contributed by atoms with Gasteiger partial charge in [0.05, 0.1) is 7.11 Å². The number of hydroxylamine groups is 2. The van der Waals surface area contributed by atoms with Crippen LogP contribution >= 0.6 is 22.7 Å². The number of carboxylic acid groups (broad SMARTS) is 1. The molecule has 0 saturated carbocycles. The number of methoxy groups -OCH3 is 2. The van der Waals surface area contributed by atoms with Crippen molar-refractivity contribution in [3.8, 4) is 21.1 Å². The lowest BCUT2D eigenvalue weighted by molar-refractivity contribution is -0.179. The Labute approximate surface area is 234 Å². The Morgan fingerprint density at radius 2 is 1.15 bits per heavy atom. The fraction of sp³-hybridized carbons (Fsp3) is 0.308. The van der Waals surface area contributed by atoms with Crippen LogP contribution in [0.5, 0.6) is 0 Å². The molecule has 4 rings (SSSR count). The van der Waals surface area contributed by atoms with E-state index in [9.17, 15) is 9.59 Å². The van der Waals surface area contributed by atoms with Crippen LogP contribution in [-0.2, 0) is 23.9 Å². The second-order valence-corrected chi connectivity index (χ2v) is 10.4. The number of rotatable bonds is 9. The SMILES string of the molecule is COC(C(=O)N(C)OC)c1ccc(-c2nnc(C)s2)cc1.COC(C(=O)O)c1ccc(-c2nnc(C)s2)cc1. The van der Waals surface area contributed by atoms with Crippen molar-refractivity contribution in [1.82, 2.24) is 25.5 Å². The van der Waals surface area contributed by atoms with Crippen molar-refractivity contribution in [3.63, 3.8) is 0 Å². The van der Waals surface area contributed by atoms with E-state index in [2.05, 4.69) is 20.4 Å². The third-order valence-corrected chi connectivity index (χ3v) is 7.25. The second-order valence-electron chi connectivity index (χ2n) is 8.08. The minimum absolute atomic E-state index is 0.264. The summed E-state index contributed by atoms with van der Waals surface area (Å²) in [5.74, 6) is -1.27. The van der Waals surface area contributed by atoms with Crippen LogP contribution in [0.4, 0.5) is 0 Å². The van der Waals surface area contributed by atoms with Crippen LogP contribution in [0.15, 0.2) is 48.5 Å². The minimum Gasteiger partial charge on any atom is -0.479 e. The van der Waals surface area contributed by atoms with E-state index in [0.717, 1.165) is 41.8 Å². The zero-order chi connectivity index (χ0) is 28.5. The standard InChI is InChI=1S/C14H17N3O3S.C12H12N2O3S/c1-9-15-16-13(21-9)11-7-5-10(6-8-11)12(19-3)14(18)17(2)20-4;1-7-13-14-11(18-7)9-5-3-8(4-6-9)10(17-2)12(15)16/h5-8,12H,1-4H3;3-6,10H,1-2H3,(H,15,16). The molecule has 1 amide bonds.